The molecular formula is C21H29N3O4. The molecule has 1 fully saturated rings. The highest BCUT2D eigenvalue weighted by atomic mass is 16.5. The summed E-state index contributed by atoms with van der Waals surface area (Å²) in [6, 6.07) is 3.49. The number of carbonyl (C=O) groups is 2. The molecule has 0 saturated heterocycles. The Bertz CT molecular complexity index is 811. The number of hydrogen-bond donors (Lipinski definition) is 1. The molecule has 152 valence electrons. The number of nitrogens with zero attached hydrogens (tertiary/aromatic N) is 2. The number of amides is 1. The van der Waals surface area contributed by atoms with Crippen molar-refractivity contribution < 1.29 is 19.1 Å². The molecule has 1 N–H and O–H groups in total. The number of rotatable bonds is 9. The zero-order valence-electron chi connectivity index (χ0n) is 16.6. The van der Waals surface area contributed by atoms with Crippen LogP contribution in [-0.4, -0.2) is 41.0 Å². The fraction of sp³-hybridized carbons (Fsp3) is 0.571. The summed E-state index contributed by atoms with van der Waals surface area (Å²) in [5, 5.41) is 2.86. The van der Waals surface area contributed by atoms with Gasteiger partial charge >= 0.3 is 0 Å². The second-order valence-electron chi connectivity index (χ2n) is 7.45. The van der Waals surface area contributed by atoms with Gasteiger partial charge in [-0.2, -0.15) is 0 Å². The summed E-state index contributed by atoms with van der Waals surface area (Å²) in [4.78, 5) is 27.9. The SMILES string of the molecule is CCc1nc2c(OCC3CCCCC3)cccn2c1C(=O)N[C@H](C)COC=O. The van der Waals surface area contributed by atoms with Crippen molar-refractivity contribution in [2.45, 2.75) is 58.4 Å². The van der Waals surface area contributed by atoms with E-state index < -0.39 is 0 Å². The number of ether oxygens (including phenoxy) is 2. The molecule has 1 aliphatic rings. The summed E-state index contributed by atoms with van der Waals surface area (Å²) in [6.07, 6.45) is 8.76. The van der Waals surface area contributed by atoms with Crippen LogP contribution in [0.15, 0.2) is 18.3 Å². The van der Waals surface area contributed by atoms with Crippen LogP contribution < -0.4 is 10.1 Å². The molecule has 0 aliphatic heterocycles. The molecule has 1 atom stereocenters. The first kappa shape index (κ1) is 20.2. The van der Waals surface area contributed by atoms with Gasteiger partial charge in [-0.15, -0.1) is 0 Å². The van der Waals surface area contributed by atoms with Crippen molar-refractivity contribution in [3.05, 3.63) is 29.7 Å². The van der Waals surface area contributed by atoms with E-state index in [1.165, 1.54) is 32.1 Å². The van der Waals surface area contributed by atoms with Crippen LogP contribution in [0.2, 0.25) is 0 Å². The minimum absolute atomic E-state index is 0.128. The predicted octanol–water partition coefficient (Wildman–Crippen LogP) is 3.15. The van der Waals surface area contributed by atoms with Crippen LogP contribution in [0.25, 0.3) is 5.65 Å². The van der Waals surface area contributed by atoms with E-state index in [0.717, 1.165) is 5.69 Å². The number of imidazole rings is 1. The summed E-state index contributed by atoms with van der Waals surface area (Å²) < 4.78 is 12.6. The van der Waals surface area contributed by atoms with Gasteiger partial charge in [-0.3, -0.25) is 14.0 Å². The molecule has 1 saturated carbocycles. The third kappa shape index (κ3) is 4.64. The van der Waals surface area contributed by atoms with E-state index in [-0.39, 0.29) is 18.6 Å². The third-order valence-corrected chi connectivity index (χ3v) is 5.23. The van der Waals surface area contributed by atoms with Crippen LogP contribution in [0.5, 0.6) is 5.75 Å². The molecule has 1 amide bonds. The second kappa shape index (κ2) is 9.57. The molecule has 2 aromatic heterocycles. The highest BCUT2D eigenvalue weighted by Crippen LogP contribution is 2.27. The number of aryl methyl sites for hydroxylation is 1. The maximum absolute atomic E-state index is 12.8. The number of fused-ring (bicyclic) bond motifs is 1. The van der Waals surface area contributed by atoms with Crippen LogP contribution >= 0.6 is 0 Å². The number of nitrogens with one attached hydrogen (secondary N) is 1. The molecule has 0 unspecified atom stereocenters. The summed E-state index contributed by atoms with van der Waals surface area (Å²) in [5.41, 5.74) is 1.88. The van der Waals surface area contributed by atoms with Gasteiger partial charge in [0.2, 0.25) is 0 Å². The second-order valence-corrected chi connectivity index (χ2v) is 7.45. The molecule has 7 heteroatoms. The Kier molecular flexibility index (Phi) is 6.90. The van der Waals surface area contributed by atoms with E-state index >= 15 is 0 Å². The molecule has 0 radical (unpaired) electrons. The normalized spacial score (nSPS) is 15.9. The average molecular weight is 387 g/mol. The van der Waals surface area contributed by atoms with Gasteiger partial charge in [-0.1, -0.05) is 26.2 Å². The van der Waals surface area contributed by atoms with Crippen molar-refractivity contribution in [3.8, 4) is 5.75 Å². The lowest BCUT2D eigenvalue weighted by molar-refractivity contribution is -0.129. The molecule has 0 spiro atoms. The summed E-state index contributed by atoms with van der Waals surface area (Å²) in [6.45, 7) is 4.96. The fourth-order valence-corrected chi connectivity index (χ4v) is 3.77. The summed E-state index contributed by atoms with van der Waals surface area (Å²) in [7, 11) is 0. The van der Waals surface area contributed by atoms with Crippen molar-refractivity contribution in [1.82, 2.24) is 14.7 Å². The fourth-order valence-electron chi connectivity index (χ4n) is 3.77. The quantitative estimate of drug-likeness (QED) is 0.669. The summed E-state index contributed by atoms with van der Waals surface area (Å²) in [5.74, 6) is 1.06. The topological polar surface area (TPSA) is 81.9 Å². The Morgan fingerprint density at radius 2 is 2.18 bits per heavy atom. The minimum atomic E-state index is -0.293. The van der Waals surface area contributed by atoms with Crippen LogP contribution in [-0.2, 0) is 16.0 Å². The molecule has 7 nitrogen and oxygen atoms in total. The Morgan fingerprint density at radius 1 is 1.39 bits per heavy atom. The van der Waals surface area contributed by atoms with E-state index in [1.54, 1.807) is 11.3 Å². The van der Waals surface area contributed by atoms with Gasteiger partial charge < -0.3 is 14.8 Å². The smallest absolute Gasteiger partial charge is 0.293 e. The lowest BCUT2D eigenvalue weighted by atomic mass is 9.90. The van der Waals surface area contributed by atoms with E-state index in [2.05, 4.69) is 10.3 Å². The van der Waals surface area contributed by atoms with Crippen molar-refractivity contribution in [2.24, 2.45) is 5.92 Å². The van der Waals surface area contributed by atoms with Crippen LogP contribution in [0, 0.1) is 5.92 Å². The first-order valence-corrected chi connectivity index (χ1v) is 10.1. The predicted molar refractivity (Wildman–Crippen MR) is 106 cm³/mol. The van der Waals surface area contributed by atoms with Crippen LogP contribution in [0.4, 0.5) is 0 Å². The zero-order valence-corrected chi connectivity index (χ0v) is 16.6. The monoisotopic (exact) mass is 387 g/mol. The zero-order chi connectivity index (χ0) is 19.9. The third-order valence-electron chi connectivity index (χ3n) is 5.23. The maximum Gasteiger partial charge on any atom is 0.293 e. The molecule has 2 heterocycles. The number of aromatic nitrogens is 2. The van der Waals surface area contributed by atoms with E-state index in [9.17, 15) is 9.59 Å². The lowest BCUT2D eigenvalue weighted by Gasteiger charge is -2.21. The van der Waals surface area contributed by atoms with Gasteiger partial charge in [0.05, 0.1) is 18.3 Å². The van der Waals surface area contributed by atoms with Gasteiger partial charge in [0.1, 0.15) is 12.3 Å². The van der Waals surface area contributed by atoms with E-state index in [4.69, 9.17) is 9.47 Å². The minimum Gasteiger partial charge on any atom is -0.489 e. The molecule has 28 heavy (non-hydrogen) atoms. The van der Waals surface area contributed by atoms with E-state index in [0.29, 0.717) is 42.5 Å². The van der Waals surface area contributed by atoms with Gasteiger partial charge in [-0.05, 0) is 44.2 Å². The van der Waals surface area contributed by atoms with Crippen molar-refractivity contribution in [2.75, 3.05) is 13.2 Å². The Labute approximate surface area is 165 Å². The molecule has 1 aliphatic carbocycles. The van der Waals surface area contributed by atoms with Gasteiger partial charge in [0, 0.05) is 6.20 Å². The largest absolute Gasteiger partial charge is 0.489 e. The number of hydrogen-bond acceptors (Lipinski definition) is 5. The van der Waals surface area contributed by atoms with Crippen molar-refractivity contribution >= 4 is 18.0 Å². The highest BCUT2D eigenvalue weighted by Gasteiger charge is 2.22. The Hall–Kier alpha value is -2.57. The summed E-state index contributed by atoms with van der Waals surface area (Å²) >= 11 is 0. The van der Waals surface area contributed by atoms with Crippen LogP contribution in [0.1, 0.15) is 62.1 Å². The first-order valence-electron chi connectivity index (χ1n) is 10.1. The maximum atomic E-state index is 12.8. The first-order chi connectivity index (χ1) is 13.6. The molecule has 0 aromatic carbocycles. The number of carbonyl (C=O) groups excluding carboxylic acids is 2. The van der Waals surface area contributed by atoms with E-state index in [1.807, 2.05) is 25.3 Å². The molecular weight excluding hydrogens is 358 g/mol. The van der Waals surface area contributed by atoms with Gasteiger partial charge in [0.15, 0.2) is 11.4 Å². The lowest BCUT2D eigenvalue weighted by Crippen LogP contribution is -2.36. The molecule has 0 bridgehead atoms. The standard InChI is InChI=1S/C21H29N3O4/c1-3-17-19(21(26)22-15(2)12-27-14-25)24-11-7-10-18(20(24)23-17)28-13-16-8-5-4-6-9-16/h7,10-11,14-16H,3-6,8-9,12-13H2,1-2H3,(H,22,26)/t15-/m1/s1. The van der Waals surface area contributed by atoms with Crippen LogP contribution in [0.3, 0.4) is 0 Å². The Balaban J connectivity index is 1.80. The molecule has 3 rings (SSSR count). The van der Waals surface area contributed by atoms with Gasteiger partial charge in [-0.25, -0.2) is 4.98 Å². The van der Waals surface area contributed by atoms with Crippen molar-refractivity contribution in [1.29, 1.82) is 0 Å². The van der Waals surface area contributed by atoms with Gasteiger partial charge in [0.25, 0.3) is 12.4 Å². The molecule has 2 aromatic rings. The number of pyridine rings is 1. The average Bonchev–Trinajstić information content (AvgIpc) is 3.10. The highest BCUT2D eigenvalue weighted by molar-refractivity contribution is 5.95. The van der Waals surface area contributed by atoms with Crippen molar-refractivity contribution in [3.63, 3.8) is 0 Å². The Morgan fingerprint density at radius 3 is 2.89 bits per heavy atom.